The van der Waals surface area contributed by atoms with E-state index in [9.17, 15) is 14.7 Å². The summed E-state index contributed by atoms with van der Waals surface area (Å²) in [6.45, 7) is 1.50. The molecular formula is C11H10ClIO4. The van der Waals surface area contributed by atoms with Crippen LogP contribution in [0.2, 0.25) is 0 Å². The molecule has 0 radical (unpaired) electrons. The zero-order valence-electron chi connectivity index (χ0n) is 8.85. The lowest BCUT2D eigenvalue weighted by molar-refractivity contribution is -0.147. The molecule has 1 aromatic carbocycles. The third-order valence-corrected chi connectivity index (χ3v) is 3.33. The van der Waals surface area contributed by atoms with E-state index in [1.54, 1.807) is 12.1 Å². The number of hydrogen-bond donors (Lipinski definition) is 2. The van der Waals surface area contributed by atoms with Crippen LogP contribution in [0.5, 0.6) is 0 Å². The van der Waals surface area contributed by atoms with Crippen LogP contribution in [-0.4, -0.2) is 27.3 Å². The molecule has 0 aliphatic carbocycles. The minimum Gasteiger partial charge on any atom is -0.479 e. The molecule has 2 atom stereocenters. The monoisotopic (exact) mass is 368 g/mol. The third-order valence-electron chi connectivity index (χ3n) is 2.19. The lowest BCUT2D eigenvalue weighted by Gasteiger charge is -2.14. The predicted molar refractivity (Wildman–Crippen MR) is 71.4 cm³/mol. The lowest BCUT2D eigenvalue weighted by Crippen LogP contribution is -2.19. The van der Waals surface area contributed by atoms with E-state index in [2.05, 4.69) is 0 Å². The van der Waals surface area contributed by atoms with Gasteiger partial charge >= 0.3 is 5.97 Å². The molecule has 0 bridgehead atoms. The van der Waals surface area contributed by atoms with Crippen LogP contribution in [0.3, 0.4) is 0 Å². The highest BCUT2D eigenvalue weighted by molar-refractivity contribution is 14.1. The number of carboxylic acid groups (broad SMARTS) is 1. The number of alkyl halides is 1. The summed E-state index contributed by atoms with van der Waals surface area (Å²) in [5.74, 6) is -1.80. The second kappa shape index (κ2) is 5.79. The Balaban J connectivity index is 3.36. The Hall–Kier alpha value is -0.660. The summed E-state index contributed by atoms with van der Waals surface area (Å²) in [5.41, 5.74) is 0.243. The van der Waals surface area contributed by atoms with Gasteiger partial charge in [0.05, 0.1) is 5.38 Å². The van der Waals surface area contributed by atoms with Crippen molar-refractivity contribution in [1.82, 2.24) is 0 Å². The van der Waals surface area contributed by atoms with Crippen molar-refractivity contribution in [3.63, 3.8) is 0 Å². The third kappa shape index (κ3) is 3.17. The van der Waals surface area contributed by atoms with Crippen LogP contribution in [-0.2, 0) is 4.79 Å². The zero-order chi connectivity index (χ0) is 13.2. The number of rotatable bonds is 4. The van der Waals surface area contributed by atoms with Crippen molar-refractivity contribution in [2.45, 2.75) is 18.4 Å². The molecule has 6 heteroatoms. The van der Waals surface area contributed by atoms with Gasteiger partial charge in [0.25, 0.3) is 0 Å². The van der Waals surface area contributed by atoms with Crippen LogP contribution in [0.4, 0.5) is 0 Å². The number of Topliss-reactive ketones (excluding diaryl/α,β-unsaturated/α-hetero) is 1. The molecule has 0 aromatic heterocycles. The number of halogens is 2. The van der Waals surface area contributed by atoms with E-state index >= 15 is 0 Å². The number of aliphatic carboxylic acids is 1. The second-order valence-corrected chi connectivity index (χ2v) is 5.24. The van der Waals surface area contributed by atoms with Crippen molar-refractivity contribution < 1.29 is 19.8 Å². The maximum absolute atomic E-state index is 11.8. The SMILES string of the molecule is CC(Cl)C(=O)c1cccc(I)c1C(O)C(=O)O. The van der Waals surface area contributed by atoms with Crippen molar-refractivity contribution in [1.29, 1.82) is 0 Å². The first-order chi connectivity index (χ1) is 7.86. The summed E-state index contributed by atoms with van der Waals surface area (Å²) in [5, 5.41) is 17.6. The summed E-state index contributed by atoms with van der Waals surface area (Å²) >= 11 is 7.56. The Morgan fingerprint density at radius 1 is 1.41 bits per heavy atom. The number of carbonyl (C=O) groups excluding carboxylic acids is 1. The smallest absolute Gasteiger partial charge is 0.337 e. The van der Waals surface area contributed by atoms with Gasteiger partial charge in [0, 0.05) is 14.7 Å². The Morgan fingerprint density at radius 2 is 2.00 bits per heavy atom. The van der Waals surface area contributed by atoms with Crippen molar-refractivity contribution in [2.24, 2.45) is 0 Å². The van der Waals surface area contributed by atoms with Gasteiger partial charge in [-0.05, 0) is 35.6 Å². The molecule has 1 aromatic rings. The van der Waals surface area contributed by atoms with Crippen LogP contribution < -0.4 is 0 Å². The van der Waals surface area contributed by atoms with E-state index < -0.39 is 23.2 Å². The van der Waals surface area contributed by atoms with E-state index in [1.807, 2.05) is 22.6 Å². The summed E-state index contributed by atoms with van der Waals surface area (Å²) in [7, 11) is 0. The first kappa shape index (κ1) is 14.4. The van der Waals surface area contributed by atoms with E-state index in [-0.39, 0.29) is 11.1 Å². The molecule has 1 rings (SSSR count). The largest absolute Gasteiger partial charge is 0.479 e. The van der Waals surface area contributed by atoms with E-state index in [1.165, 1.54) is 13.0 Å². The fraction of sp³-hybridized carbons (Fsp3) is 0.273. The topological polar surface area (TPSA) is 74.6 Å². The minimum absolute atomic E-state index is 0.0955. The molecular weight excluding hydrogens is 358 g/mol. The van der Waals surface area contributed by atoms with Crippen molar-refractivity contribution >= 4 is 45.9 Å². The number of carbonyl (C=O) groups is 2. The first-order valence-corrected chi connectivity index (χ1v) is 6.25. The molecule has 0 spiro atoms. The van der Waals surface area contributed by atoms with Crippen molar-refractivity contribution in [3.8, 4) is 0 Å². The summed E-state index contributed by atoms with van der Waals surface area (Å²) in [6, 6.07) is 4.70. The minimum atomic E-state index is -1.72. The van der Waals surface area contributed by atoms with Gasteiger partial charge in [-0.15, -0.1) is 11.6 Å². The molecule has 0 saturated carbocycles. The molecule has 17 heavy (non-hydrogen) atoms. The molecule has 0 amide bonds. The maximum Gasteiger partial charge on any atom is 0.337 e. The number of benzene rings is 1. The fourth-order valence-corrected chi connectivity index (χ4v) is 2.28. The number of carboxylic acids is 1. The normalized spacial score (nSPS) is 14.1. The Labute approximate surface area is 117 Å². The van der Waals surface area contributed by atoms with Gasteiger partial charge in [-0.2, -0.15) is 0 Å². The number of aliphatic hydroxyl groups excluding tert-OH is 1. The molecule has 2 unspecified atom stereocenters. The first-order valence-electron chi connectivity index (χ1n) is 4.73. The fourth-order valence-electron chi connectivity index (χ4n) is 1.37. The number of ketones is 1. The van der Waals surface area contributed by atoms with E-state index in [0.717, 1.165) is 0 Å². The molecule has 0 fully saturated rings. The van der Waals surface area contributed by atoms with Gasteiger partial charge < -0.3 is 10.2 Å². The predicted octanol–water partition coefficient (Wildman–Crippen LogP) is 2.22. The van der Waals surface area contributed by atoms with Crippen molar-refractivity contribution in [3.05, 3.63) is 32.9 Å². The average molecular weight is 369 g/mol. The second-order valence-electron chi connectivity index (χ2n) is 3.42. The molecule has 4 nitrogen and oxygen atoms in total. The zero-order valence-corrected chi connectivity index (χ0v) is 11.8. The lowest BCUT2D eigenvalue weighted by atomic mass is 9.98. The van der Waals surface area contributed by atoms with Crippen molar-refractivity contribution in [2.75, 3.05) is 0 Å². The Morgan fingerprint density at radius 3 is 2.47 bits per heavy atom. The highest BCUT2D eigenvalue weighted by atomic mass is 127. The van der Waals surface area contributed by atoms with Gasteiger partial charge in [-0.25, -0.2) is 4.79 Å². The number of aliphatic hydroxyl groups is 1. The number of hydrogen-bond acceptors (Lipinski definition) is 3. The van der Waals surface area contributed by atoms with Crippen LogP contribution in [0, 0.1) is 3.57 Å². The summed E-state index contributed by atoms with van der Waals surface area (Å²) in [6.07, 6.45) is -1.72. The van der Waals surface area contributed by atoms with Gasteiger partial charge in [-0.3, -0.25) is 4.79 Å². The van der Waals surface area contributed by atoms with Crippen LogP contribution in [0.25, 0.3) is 0 Å². The molecule has 2 N–H and O–H groups in total. The highest BCUT2D eigenvalue weighted by Gasteiger charge is 2.26. The van der Waals surface area contributed by atoms with Crippen LogP contribution >= 0.6 is 34.2 Å². The maximum atomic E-state index is 11.8. The average Bonchev–Trinajstić information content (AvgIpc) is 2.26. The van der Waals surface area contributed by atoms with E-state index in [0.29, 0.717) is 3.57 Å². The molecule has 0 aliphatic rings. The van der Waals surface area contributed by atoms with Crippen LogP contribution in [0.15, 0.2) is 18.2 Å². The van der Waals surface area contributed by atoms with Gasteiger partial charge in [0.2, 0.25) is 0 Å². The highest BCUT2D eigenvalue weighted by Crippen LogP contribution is 2.26. The standard InChI is InChI=1S/C11H10ClIO4/c1-5(12)9(14)6-3-2-4-7(13)8(6)10(15)11(16)17/h2-5,10,15H,1H3,(H,16,17). The molecule has 0 aliphatic heterocycles. The van der Waals surface area contributed by atoms with E-state index in [4.69, 9.17) is 16.7 Å². The molecule has 0 heterocycles. The van der Waals surface area contributed by atoms with Gasteiger partial charge in [0.1, 0.15) is 0 Å². The van der Waals surface area contributed by atoms with Gasteiger partial charge in [-0.1, -0.05) is 12.1 Å². The summed E-state index contributed by atoms with van der Waals surface area (Å²) < 4.78 is 0.515. The Kier molecular flexibility index (Phi) is 4.91. The molecule has 0 saturated heterocycles. The Bertz CT molecular complexity index is 459. The summed E-state index contributed by atoms with van der Waals surface area (Å²) in [4.78, 5) is 22.6. The quantitative estimate of drug-likeness (QED) is 0.485. The molecule has 92 valence electrons. The van der Waals surface area contributed by atoms with Crippen LogP contribution in [0.1, 0.15) is 28.9 Å². The van der Waals surface area contributed by atoms with Gasteiger partial charge in [0.15, 0.2) is 11.9 Å².